The van der Waals surface area contributed by atoms with Crippen LogP contribution in [0.5, 0.6) is 0 Å². The molecule has 1 aliphatic rings. The lowest BCUT2D eigenvalue weighted by Gasteiger charge is -2.41. The monoisotopic (exact) mass is 284 g/mol. The molecule has 118 valence electrons. The molecule has 1 saturated heterocycles. The largest absolute Gasteiger partial charge is 0.469 e. The average molecular weight is 284 g/mol. The van der Waals surface area contributed by atoms with Crippen molar-refractivity contribution in [1.82, 2.24) is 10.2 Å². The van der Waals surface area contributed by atoms with E-state index in [4.69, 9.17) is 4.74 Å². The van der Waals surface area contributed by atoms with Gasteiger partial charge in [0.15, 0.2) is 0 Å². The number of carbonyl (C=O) groups excluding carboxylic acids is 1. The molecule has 0 aromatic heterocycles. The first-order valence-electron chi connectivity index (χ1n) is 8.00. The standard InChI is InChI=1S/C16H32N2O2/c1-6-13(4)18-10-14(8-16(19)20-5)7-15(11-18)17-9-12(2)3/h12-15,17H,6-11H2,1-5H3. The summed E-state index contributed by atoms with van der Waals surface area (Å²) in [5, 5.41) is 3.66. The number of likely N-dealkylation sites (tertiary alicyclic amines) is 1. The minimum Gasteiger partial charge on any atom is -0.469 e. The van der Waals surface area contributed by atoms with Crippen LogP contribution in [-0.2, 0) is 9.53 Å². The molecular weight excluding hydrogens is 252 g/mol. The number of esters is 1. The van der Waals surface area contributed by atoms with Crippen molar-refractivity contribution < 1.29 is 9.53 Å². The van der Waals surface area contributed by atoms with Crippen molar-refractivity contribution in [3.8, 4) is 0 Å². The molecule has 0 aliphatic carbocycles. The Morgan fingerprint density at radius 3 is 2.60 bits per heavy atom. The quantitative estimate of drug-likeness (QED) is 0.728. The molecular formula is C16H32N2O2. The van der Waals surface area contributed by atoms with Crippen molar-refractivity contribution in [1.29, 1.82) is 0 Å². The second-order valence-corrected chi connectivity index (χ2v) is 6.59. The maximum Gasteiger partial charge on any atom is 0.305 e. The van der Waals surface area contributed by atoms with Crippen molar-refractivity contribution in [3.63, 3.8) is 0 Å². The van der Waals surface area contributed by atoms with E-state index in [1.54, 1.807) is 0 Å². The SMILES string of the molecule is CCC(C)N1CC(CC(=O)OC)CC(NCC(C)C)C1. The van der Waals surface area contributed by atoms with Gasteiger partial charge in [0.2, 0.25) is 0 Å². The highest BCUT2D eigenvalue weighted by atomic mass is 16.5. The van der Waals surface area contributed by atoms with E-state index in [-0.39, 0.29) is 5.97 Å². The zero-order valence-corrected chi connectivity index (χ0v) is 13.8. The van der Waals surface area contributed by atoms with Gasteiger partial charge in [0, 0.05) is 31.6 Å². The Morgan fingerprint density at radius 1 is 1.35 bits per heavy atom. The summed E-state index contributed by atoms with van der Waals surface area (Å²) >= 11 is 0. The zero-order valence-electron chi connectivity index (χ0n) is 13.8. The third-order valence-electron chi connectivity index (χ3n) is 4.28. The van der Waals surface area contributed by atoms with Crippen LogP contribution in [0.1, 0.15) is 47.0 Å². The molecule has 3 atom stereocenters. The first kappa shape index (κ1) is 17.4. The fourth-order valence-corrected chi connectivity index (χ4v) is 2.88. The minimum absolute atomic E-state index is 0.0800. The number of nitrogens with one attached hydrogen (secondary N) is 1. The Hall–Kier alpha value is -0.610. The van der Waals surface area contributed by atoms with Crippen molar-refractivity contribution in [2.45, 2.75) is 59.0 Å². The van der Waals surface area contributed by atoms with Gasteiger partial charge in [-0.05, 0) is 38.1 Å². The van der Waals surface area contributed by atoms with E-state index in [2.05, 4.69) is 37.9 Å². The molecule has 20 heavy (non-hydrogen) atoms. The molecule has 0 aromatic rings. The van der Waals surface area contributed by atoms with Crippen LogP contribution in [0.15, 0.2) is 0 Å². The predicted molar refractivity (Wildman–Crippen MR) is 82.7 cm³/mol. The van der Waals surface area contributed by atoms with Gasteiger partial charge in [0.25, 0.3) is 0 Å². The van der Waals surface area contributed by atoms with E-state index in [1.807, 2.05) is 0 Å². The molecule has 1 fully saturated rings. The molecule has 3 unspecified atom stereocenters. The van der Waals surface area contributed by atoms with Crippen LogP contribution < -0.4 is 5.32 Å². The molecule has 0 saturated carbocycles. The lowest BCUT2D eigenvalue weighted by Crippen LogP contribution is -2.52. The number of hydrogen-bond acceptors (Lipinski definition) is 4. The normalized spacial score (nSPS) is 25.7. The Labute approximate surface area is 124 Å². The van der Waals surface area contributed by atoms with Crippen LogP contribution >= 0.6 is 0 Å². The molecule has 1 N–H and O–H groups in total. The van der Waals surface area contributed by atoms with E-state index in [0.717, 1.165) is 32.5 Å². The van der Waals surface area contributed by atoms with Gasteiger partial charge < -0.3 is 10.1 Å². The van der Waals surface area contributed by atoms with Crippen LogP contribution in [0.4, 0.5) is 0 Å². The third kappa shape index (κ3) is 5.80. The second-order valence-electron chi connectivity index (χ2n) is 6.59. The number of methoxy groups -OCH3 is 1. The lowest BCUT2D eigenvalue weighted by atomic mass is 9.90. The van der Waals surface area contributed by atoms with Gasteiger partial charge in [0.05, 0.1) is 7.11 Å². The smallest absolute Gasteiger partial charge is 0.305 e. The van der Waals surface area contributed by atoms with Crippen molar-refractivity contribution >= 4 is 5.97 Å². The van der Waals surface area contributed by atoms with Gasteiger partial charge in [-0.15, -0.1) is 0 Å². The van der Waals surface area contributed by atoms with Crippen molar-refractivity contribution in [2.24, 2.45) is 11.8 Å². The second kappa shape index (κ2) is 8.63. The van der Waals surface area contributed by atoms with Gasteiger partial charge in [-0.25, -0.2) is 0 Å². The summed E-state index contributed by atoms with van der Waals surface area (Å²) in [4.78, 5) is 14.1. The van der Waals surface area contributed by atoms with Crippen LogP contribution in [0.25, 0.3) is 0 Å². The van der Waals surface area contributed by atoms with Gasteiger partial charge in [0.1, 0.15) is 0 Å². The summed E-state index contributed by atoms with van der Waals surface area (Å²) in [5.41, 5.74) is 0. The average Bonchev–Trinajstić information content (AvgIpc) is 2.43. The van der Waals surface area contributed by atoms with E-state index in [0.29, 0.717) is 30.3 Å². The van der Waals surface area contributed by atoms with E-state index < -0.39 is 0 Å². The Morgan fingerprint density at radius 2 is 2.05 bits per heavy atom. The van der Waals surface area contributed by atoms with Crippen LogP contribution in [0.2, 0.25) is 0 Å². The molecule has 4 heteroatoms. The summed E-state index contributed by atoms with van der Waals surface area (Å²) in [6, 6.07) is 1.08. The van der Waals surface area contributed by atoms with Crippen LogP contribution in [-0.4, -0.2) is 49.7 Å². The number of carbonyl (C=O) groups is 1. The van der Waals surface area contributed by atoms with Gasteiger partial charge in [-0.3, -0.25) is 9.69 Å². The number of ether oxygens (including phenoxy) is 1. The molecule has 0 bridgehead atoms. The fourth-order valence-electron chi connectivity index (χ4n) is 2.88. The van der Waals surface area contributed by atoms with Gasteiger partial charge in [-0.2, -0.15) is 0 Å². The molecule has 4 nitrogen and oxygen atoms in total. The highest BCUT2D eigenvalue weighted by Crippen LogP contribution is 2.23. The first-order chi connectivity index (χ1) is 9.46. The molecule has 0 aromatic carbocycles. The topological polar surface area (TPSA) is 41.6 Å². The number of hydrogen-bond donors (Lipinski definition) is 1. The molecule has 1 rings (SSSR count). The summed E-state index contributed by atoms with van der Waals surface area (Å²) in [5.74, 6) is 0.992. The highest BCUT2D eigenvalue weighted by Gasteiger charge is 2.30. The summed E-state index contributed by atoms with van der Waals surface area (Å²) in [6.07, 6.45) is 2.78. The number of nitrogens with zero attached hydrogens (tertiary/aromatic N) is 1. The van der Waals surface area contributed by atoms with Crippen LogP contribution in [0, 0.1) is 11.8 Å². The molecule has 1 aliphatic heterocycles. The Balaban J connectivity index is 2.59. The zero-order chi connectivity index (χ0) is 15.1. The van der Waals surface area contributed by atoms with Crippen molar-refractivity contribution in [2.75, 3.05) is 26.7 Å². The summed E-state index contributed by atoms with van der Waals surface area (Å²) in [7, 11) is 1.48. The fraction of sp³-hybridized carbons (Fsp3) is 0.938. The molecule has 1 heterocycles. The van der Waals surface area contributed by atoms with Gasteiger partial charge in [-0.1, -0.05) is 20.8 Å². The van der Waals surface area contributed by atoms with E-state index >= 15 is 0 Å². The van der Waals surface area contributed by atoms with E-state index in [9.17, 15) is 4.79 Å². The highest BCUT2D eigenvalue weighted by molar-refractivity contribution is 5.69. The first-order valence-corrected chi connectivity index (χ1v) is 8.00. The predicted octanol–water partition coefficient (Wildman–Crippen LogP) is 2.28. The number of piperidine rings is 1. The molecule has 0 amide bonds. The maximum atomic E-state index is 11.5. The summed E-state index contributed by atoms with van der Waals surface area (Å²) in [6.45, 7) is 12.1. The molecule has 0 spiro atoms. The molecule has 0 radical (unpaired) electrons. The maximum absolute atomic E-state index is 11.5. The van der Waals surface area contributed by atoms with Crippen LogP contribution in [0.3, 0.4) is 0 Å². The van der Waals surface area contributed by atoms with E-state index in [1.165, 1.54) is 7.11 Å². The minimum atomic E-state index is -0.0800. The number of rotatable bonds is 7. The Kier molecular flexibility index (Phi) is 7.52. The van der Waals surface area contributed by atoms with Crippen molar-refractivity contribution in [3.05, 3.63) is 0 Å². The van der Waals surface area contributed by atoms with Gasteiger partial charge >= 0.3 is 5.97 Å². The Bertz CT molecular complexity index is 294. The summed E-state index contributed by atoms with van der Waals surface area (Å²) < 4.78 is 4.83. The third-order valence-corrected chi connectivity index (χ3v) is 4.28. The lowest BCUT2D eigenvalue weighted by molar-refractivity contribution is -0.142.